The van der Waals surface area contributed by atoms with Crippen molar-refractivity contribution in [3.05, 3.63) is 28.2 Å². The van der Waals surface area contributed by atoms with Gasteiger partial charge in [0.1, 0.15) is 16.4 Å². The lowest BCUT2D eigenvalue weighted by atomic mass is 10.1. The van der Waals surface area contributed by atoms with E-state index in [1.807, 2.05) is 11.5 Å². The van der Waals surface area contributed by atoms with Crippen molar-refractivity contribution in [1.29, 1.82) is 0 Å². The van der Waals surface area contributed by atoms with Crippen LogP contribution in [-0.4, -0.2) is 47.3 Å². The van der Waals surface area contributed by atoms with Crippen molar-refractivity contribution in [3.63, 3.8) is 0 Å². The molecule has 0 aliphatic carbocycles. The molecule has 2 aromatic rings. The molecule has 1 aliphatic heterocycles. The van der Waals surface area contributed by atoms with E-state index in [0.29, 0.717) is 43.9 Å². The van der Waals surface area contributed by atoms with E-state index in [-0.39, 0.29) is 16.3 Å². The second kappa shape index (κ2) is 7.20. The summed E-state index contributed by atoms with van der Waals surface area (Å²) >= 11 is 1.03. The highest BCUT2D eigenvalue weighted by Crippen LogP contribution is 2.34. The fourth-order valence-electron chi connectivity index (χ4n) is 2.81. The first kappa shape index (κ1) is 18.0. The van der Waals surface area contributed by atoms with Gasteiger partial charge in [-0.25, -0.2) is 17.9 Å². The number of hydrogen-bond acceptors (Lipinski definition) is 7. The highest BCUT2D eigenvalue weighted by atomic mass is 32.2. The third kappa shape index (κ3) is 3.59. The Morgan fingerprint density at radius 2 is 2.32 bits per heavy atom. The van der Waals surface area contributed by atoms with Gasteiger partial charge >= 0.3 is 5.97 Å². The van der Waals surface area contributed by atoms with Gasteiger partial charge in [0, 0.05) is 30.9 Å². The van der Waals surface area contributed by atoms with Crippen LogP contribution in [0.1, 0.15) is 33.5 Å². The van der Waals surface area contributed by atoms with Crippen molar-refractivity contribution < 1.29 is 18.3 Å². The molecule has 0 saturated heterocycles. The summed E-state index contributed by atoms with van der Waals surface area (Å²) in [5.74, 6) is -0.524. The van der Waals surface area contributed by atoms with Crippen LogP contribution in [0.2, 0.25) is 0 Å². The molecule has 0 fully saturated rings. The summed E-state index contributed by atoms with van der Waals surface area (Å²) in [6, 6.07) is 0. The molecule has 9 nitrogen and oxygen atoms in total. The number of fused-ring (bicyclic) bond motifs is 1. The maximum absolute atomic E-state index is 12.6. The molecule has 0 atom stereocenters. The van der Waals surface area contributed by atoms with Gasteiger partial charge in [-0.2, -0.15) is 0 Å². The van der Waals surface area contributed by atoms with Gasteiger partial charge in [-0.05, 0) is 25.5 Å². The molecule has 136 valence electrons. The van der Waals surface area contributed by atoms with Crippen molar-refractivity contribution in [2.24, 2.45) is 0 Å². The average molecular weight is 385 g/mol. The molecular formula is C14H19N5O4S2. The van der Waals surface area contributed by atoms with E-state index >= 15 is 0 Å². The number of carboxylic acids is 1. The van der Waals surface area contributed by atoms with Crippen LogP contribution < -0.4 is 10.0 Å². The maximum Gasteiger partial charge on any atom is 0.338 e. The molecule has 0 spiro atoms. The SMILES string of the molecule is CCn1cnnc1CCNS(=O)(=O)c1sc2c(c1C(=O)O)CCNC2. The molecule has 0 bridgehead atoms. The van der Waals surface area contributed by atoms with Crippen LogP contribution >= 0.6 is 11.3 Å². The number of nitrogens with zero attached hydrogens (tertiary/aromatic N) is 3. The summed E-state index contributed by atoms with van der Waals surface area (Å²) in [7, 11) is -3.90. The van der Waals surface area contributed by atoms with Gasteiger partial charge in [0.15, 0.2) is 0 Å². The Kier molecular flexibility index (Phi) is 5.18. The van der Waals surface area contributed by atoms with Crippen molar-refractivity contribution in [2.75, 3.05) is 13.1 Å². The number of rotatable bonds is 7. The van der Waals surface area contributed by atoms with E-state index < -0.39 is 16.0 Å². The van der Waals surface area contributed by atoms with Crippen LogP contribution in [0.4, 0.5) is 0 Å². The Hall–Kier alpha value is -1.82. The normalized spacial score (nSPS) is 14.4. The molecule has 25 heavy (non-hydrogen) atoms. The van der Waals surface area contributed by atoms with Crippen molar-refractivity contribution in [2.45, 2.75) is 37.1 Å². The molecule has 1 aliphatic rings. The van der Waals surface area contributed by atoms with Crippen molar-refractivity contribution >= 4 is 27.3 Å². The summed E-state index contributed by atoms with van der Waals surface area (Å²) in [6.07, 6.45) is 2.48. The largest absolute Gasteiger partial charge is 0.478 e. The molecule has 0 aromatic carbocycles. The van der Waals surface area contributed by atoms with Crippen LogP contribution in [0.5, 0.6) is 0 Å². The van der Waals surface area contributed by atoms with Crippen molar-refractivity contribution in [3.8, 4) is 0 Å². The van der Waals surface area contributed by atoms with Gasteiger partial charge in [-0.3, -0.25) is 0 Å². The fourth-order valence-corrected chi connectivity index (χ4v) is 5.75. The van der Waals surface area contributed by atoms with Crippen LogP contribution in [0.15, 0.2) is 10.5 Å². The fraction of sp³-hybridized carbons (Fsp3) is 0.500. The molecule has 2 aromatic heterocycles. The summed E-state index contributed by atoms with van der Waals surface area (Å²) in [5, 5.41) is 20.4. The third-order valence-electron chi connectivity index (χ3n) is 4.03. The van der Waals surface area contributed by atoms with E-state index in [2.05, 4.69) is 20.2 Å². The zero-order valence-corrected chi connectivity index (χ0v) is 15.3. The maximum atomic E-state index is 12.6. The molecule has 3 N–H and O–H groups in total. The Morgan fingerprint density at radius 3 is 3.04 bits per heavy atom. The van der Waals surface area contributed by atoms with Crippen LogP contribution in [-0.2, 0) is 36.0 Å². The van der Waals surface area contributed by atoms with E-state index in [1.165, 1.54) is 0 Å². The van der Waals surface area contributed by atoms with Gasteiger partial charge in [0.05, 0.1) is 5.56 Å². The van der Waals surface area contributed by atoms with Gasteiger partial charge in [-0.1, -0.05) is 0 Å². The van der Waals surface area contributed by atoms with Crippen LogP contribution in [0, 0.1) is 0 Å². The Balaban J connectivity index is 1.80. The lowest BCUT2D eigenvalue weighted by Crippen LogP contribution is -2.27. The minimum atomic E-state index is -3.90. The van der Waals surface area contributed by atoms with Gasteiger partial charge < -0.3 is 15.0 Å². The first-order valence-electron chi connectivity index (χ1n) is 7.89. The number of aromatic nitrogens is 3. The number of sulfonamides is 1. The molecule has 11 heteroatoms. The number of carboxylic acid groups (broad SMARTS) is 1. The quantitative estimate of drug-likeness (QED) is 0.622. The predicted octanol–water partition coefficient (Wildman–Crippen LogP) is 0.224. The number of aromatic carboxylic acids is 1. The van der Waals surface area contributed by atoms with E-state index in [9.17, 15) is 18.3 Å². The lowest BCUT2D eigenvalue weighted by molar-refractivity contribution is 0.0692. The summed E-state index contributed by atoms with van der Waals surface area (Å²) in [4.78, 5) is 12.4. The number of hydrogen-bond donors (Lipinski definition) is 3. The smallest absolute Gasteiger partial charge is 0.338 e. The molecule has 0 saturated carbocycles. The Bertz CT molecular complexity index is 887. The molecule has 0 unspecified atom stereocenters. The average Bonchev–Trinajstić information content (AvgIpc) is 3.18. The highest BCUT2D eigenvalue weighted by Gasteiger charge is 2.31. The number of carbonyl (C=O) groups is 1. The monoisotopic (exact) mass is 385 g/mol. The molecule has 0 radical (unpaired) electrons. The summed E-state index contributed by atoms with van der Waals surface area (Å²) in [6.45, 7) is 3.91. The summed E-state index contributed by atoms with van der Waals surface area (Å²) < 4.78 is 29.5. The first-order valence-corrected chi connectivity index (χ1v) is 10.2. The molecule has 3 heterocycles. The molecule has 3 rings (SSSR count). The topological polar surface area (TPSA) is 126 Å². The van der Waals surface area contributed by atoms with Gasteiger partial charge in [-0.15, -0.1) is 21.5 Å². The second-order valence-electron chi connectivity index (χ2n) is 5.58. The van der Waals surface area contributed by atoms with E-state index in [1.54, 1.807) is 6.33 Å². The zero-order chi connectivity index (χ0) is 18.0. The standard InChI is InChI=1S/C14H19N5O4S2/c1-2-19-8-16-18-11(19)4-6-17-25(22,23)14-12(13(20)21)9-3-5-15-7-10(9)24-14/h8,15,17H,2-7H2,1H3,(H,20,21). The van der Waals surface area contributed by atoms with Crippen LogP contribution in [0.3, 0.4) is 0 Å². The number of nitrogens with one attached hydrogen (secondary N) is 2. The lowest BCUT2D eigenvalue weighted by Gasteiger charge is -2.12. The second-order valence-corrected chi connectivity index (χ2v) is 8.65. The first-order chi connectivity index (χ1) is 11.9. The highest BCUT2D eigenvalue weighted by molar-refractivity contribution is 7.91. The molecule has 0 amide bonds. The predicted molar refractivity (Wildman–Crippen MR) is 91.3 cm³/mol. The van der Waals surface area contributed by atoms with E-state index in [0.717, 1.165) is 16.2 Å². The Labute approximate surface area is 149 Å². The Morgan fingerprint density at radius 1 is 1.52 bits per heavy atom. The van der Waals surface area contributed by atoms with Crippen LogP contribution in [0.25, 0.3) is 0 Å². The van der Waals surface area contributed by atoms with Crippen molar-refractivity contribution in [1.82, 2.24) is 24.8 Å². The van der Waals surface area contributed by atoms with Gasteiger partial charge in [0.2, 0.25) is 0 Å². The zero-order valence-electron chi connectivity index (χ0n) is 13.7. The molecular weight excluding hydrogens is 366 g/mol. The number of thiophene rings is 1. The van der Waals surface area contributed by atoms with E-state index in [4.69, 9.17) is 0 Å². The number of aryl methyl sites for hydroxylation is 1. The minimum absolute atomic E-state index is 0.0919. The summed E-state index contributed by atoms with van der Waals surface area (Å²) in [5.41, 5.74) is 0.535. The minimum Gasteiger partial charge on any atom is -0.478 e. The van der Waals surface area contributed by atoms with Gasteiger partial charge in [0.25, 0.3) is 10.0 Å². The third-order valence-corrected chi connectivity index (χ3v) is 7.24.